The van der Waals surface area contributed by atoms with Crippen LogP contribution in [0, 0.1) is 5.82 Å². The Morgan fingerprint density at radius 2 is 1.70 bits per heavy atom. The number of hydrogen-bond donors (Lipinski definition) is 1. The van der Waals surface area contributed by atoms with Crippen molar-refractivity contribution in [3.63, 3.8) is 0 Å². The van der Waals surface area contributed by atoms with Gasteiger partial charge in [-0.05, 0) is 61.5 Å². The highest BCUT2D eigenvalue weighted by Crippen LogP contribution is 2.13. The number of carbonyl (C=O) groups excluding carboxylic acids is 2. The van der Waals surface area contributed by atoms with Crippen molar-refractivity contribution in [2.45, 2.75) is 6.92 Å². The van der Waals surface area contributed by atoms with Gasteiger partial charge >= 0.3 is 0 Å². The van der Waals surface area contributed by atoms with Crippen molar-refractivity contribution in [3.05, 3.63) is 72.1 Å². The zero-order valence-electron chi connectivity index (χ0n) is 12.6. The summed E-state index contributed by atoms with van der Waals surface area (Å²) in [6.07, 6.45) is 2.33. The zero-order chi connectivity index (χ0) is 16.7. The van der Waals surface area contributed by atoms with E-state index in [0.717, 1.165) is 6.08 Å². The summed E-state index contributed by atoms with van der Waals surface area (Å²) in [5.41, 5.74) is 0.911. The fourth-order valence-corrected chi connectivity index (χ4v) is 1.85. The van der Waals surface area contributed by atoms with E-state index in [2.05, 4.69) is 5.32 Å². The summed E-state index contributed by atoms with van der Waals surface area (Å²) in [7, 11) is 0. The van der Waals surface area contributed by atoms with Crippen LogP contribution in [-0.2, 0) is 4.79 Å². The number of carbonyl (C=O) groups is 2. The Kier molecular flexibility index (Phi) is 5.63. The van der Waals surface area contributed by atoms with Gasteiger partial charge in [0.05, 0.1) is 6.61 Å². The summed E-state index contributed by atoms with van der Waals surface area (Å²) in [4.78, 5) is 23.7. The third-order valence-electron chi connectivity index (χ3n) is 2.95. The standard InChI is InChI=1S/C18H16FNO3/c1-2-23-16-9-3-13(4-10-16)17(21)11-12-18(22)20-15-7-5-14(19)6-8-15/h3-12H,2H2,1H3,(H,20,22). The molecule has 0 bridgehead atoms. The maximum Gasteiger partial charge on any atom is 0.248 e. The number of nitrogens with one attached hydrogen (secondary N) is 1. The van der Waals surface area contributed by atoms with Crippen LogP contribution in [0.5, 0.6) is 5.75 Å². The molecule has 0 aliphatic carbocycles. The first-order valence-electron chi connectivity index (χ1n) is 7.10. The third-order valence-corrected chi connectivity index (χ3v) is 2.95. The minimum absolute atomic E-state index is 0.290. The summed E-state index contributed by atoms with van der Waals surface area (Å²) in [5.74, 6) is -0.454. The molecule has 118 valence electrons. The van der Waals surface area contributed by atoms with Crippen LogP contribution in [0.15, 0.2) is 60.7 Å². The SMILES string of the molecule is CCOc1ccc(C(=O)C=CC(=O)Nc2ccc(F)cc2)cc1. The van der Waals surface area contributed by atoms with E-state index in [0.29, 0.717) is 23.6 Å². The second-order valence-corrected chi connectivity index (χ2v) is 4.65. The molecular formula is C18H16FNO3. The normalized spacial score (nSPS) is 10.5. The van der Waals surface area contributed by atoms with Crippen molar-refractivity contribution >= 4 is 17.4 Å². The maximum absolute atomic E-state index is 12.8. The number of benzene rings is 2. The van der Waals surface area contributed by atoms with Crippen LogP contribution in [0.4, 0.5) is 10.1 Å². The van der Waals surface area contributed by atoms with E-state index in [1.807, 2.05) is 6.92 Å². The van der Waals surface area contributed by atoms with Crippen molar-refractivity contribution in [1.29, 1.82) is 0 Å². The molecule has 2 aromatic carbocycles. The Labute approximate surface area is 133 Å². The number of ketones is 1. The van der Waals surface area contributed by atoms with Crippen molar-refractivity contribution in [2.24, 2.45) is 0 Å². The van der Waals surface area contributed by atoms with Gasteiger partial charge in [-0.25, -0.2) is 4.39 Å². The van der Waals surface area contributed by atoms with Gasteiger partial charge in [0, 0.05) is 17.3 Å². The first-order chi connectivity index (χ1) is 11.1. The molecule has 1 N–H and O–H groups in total. The molecule has 5 heteroatoms. The summed E-state index contributed by atoms with van der Waals surface area (Å²) in [6, 6.07) is 12.0. The fourth-order valence-electron chi connectivity index (χ4n) is 1.85. The maximum atomic E-state index is 12.8. The van der Waals surface area contributed by atoms with Crippen LogP contribution < -0.4 is 10.1 Å². The third kappa shape index (κ3) is 5.07. The number of allylic oxidation sites excluding steroid dienone is 1. The molecule has 23 heavy (non-hydrogen) atoms. The second kappa shape index (κ2) is 7.89. The summed E-state index contributed by atoms with van der Waals surface area (Å²) >= 11 is 0. The minimum Gasteiger partial charge on any atom is -0.494 e. The van der Waals surface area contributed by atoms with Gasteiger partial charge in [0.25, 0.3) is 0 Å². The molecular weight excluding hydrogens is 297 g/mol. The molecule has 4 nitrogen and oxygen atoms in total. The second-order valence-electron chi connectivity index (χ2n) is 4.65. The van der Waals surface area contributed by atoms with Gasteiger partial charge in [0.15, 0.2) is 5.78 Å². The molecule has 0 aliphatic rings. The van der Waals surface area contributed by atoms with Crippen molar-refractivity contribution in [1.82, 2.24) is 0 Å². The highest BCUT2D eigenvalue weighted by Gasteiger charge is 2.04. The lowest BCUT2D eigenvalue weighted by atomic mass is 10.1. The molecule has 0 fully saturated rings. The largest absolute Gasteiger partial charge is 0.494 e. The van der Waals surface area contributed by atoms with Gasteiger partial charge in [-0.1, -0.05) is 0 Å². The predicted molar refractivity (Wildman–Crippen MR) is 86.1 cm³/mol. The summed E-state index contributed by atoms with van der Waals surface area (Å²) < 4.78 is 18.1. The number of anilines is 1. The van der Waals surface area contributed by atoms with Crippen LogP contribution in [0.1, 0.15) is 17.3 Å². The molecule has 0 unspecified atom stereocenters. The van der Waals surface area contributed by atoms with E-state index in [9.17, 15) is 14.0 Å². The Morgan fingerprint density at radius 1 is 1.04 bits per heavy atom. The number of rotatable bonds is 6. The van der Waals surface area contributed by atoms with Crippen molar-refractivity contribution in [3.8, 4) is 5.75 Å². The van der Waals surface area contributed by atoms with Crippen LogP contribution >= 0.6 is 0 Å². The molecule has 0 aromatic heterocycles. The lowest BCUT2D eigenvalue weighted by Gasteiger charge is -2.03. The van der Waals surface area contributed by atoms with Crippen LogP contribution in [0.2, 0.25) is 0 Å². The van der Waals surface area contributed by atoms with E-state index in [1.54, 1.807) is 24.3 Å². The first-order valence-corrected chi connectivity index (χ1v) is 7.10. The van der Waals surface area contributed by atoms with Gasteiger partial charge in [0.1, 0.15) is 11.6 Å². The molecule has 0 saturated carbocycles. The smallest absolute Gasteiger partial charge is 0.248 e. The summed E-state index contributed by atoms with van der Waals surface area (Å²) in [6.45, 7) is 2.43. The quantitative estimate of drug-likeness (QED) is 0.655. The molecule has 0 atom stereocenters. The highest BCUT2D eigenvalue weighted by atomic mass is 19.1. The Bertz CT molecular complexity index is 706. The average Bonchev–Trinajstić information content (AvgIpc) is 2.56. The van der Waals surface area contributed by atoms with Gasteiger partial charge in [-0.15, -0.1) is 0 Å². The first kappa shape index (κ1) is 16.4. The molecule has 0 spiro atoms. The van der Waals surface area contributed by atoms with E-state index in [-0.39, 0.29) is 11.6 Å². The van der Waals surface area contributed by atoms with Gasteiger partial charge in [-0.2, -0.15) is 0 Å². The highest BCUT2D eigenvalue weighted by molar-refractivity contribution is 6.09. The Morgan fingerprint density at radius 3 is 2.30 bits per heavy atom. The predicted octanol–water partition coefficient (Wildman–Crippen LogP) is 3.60. The van der Waals surface area contributed by atoms with Gasteiger partial charge in [-0.3, -0.25) is 9.59 Å². The number of halogens is 1. The van der Waals surface area contributed by atoms with Gasteiger partial charge < -0.3 is 10.1 Å². The molecule has 0 radical (unpaired) electrons. The summed E-state index contributed by atoms with van der Waals surface area (Å²) in [5, 5.41) is 2.54. The molecule has 1 amide bonds. The Balaban J connectivity index is 1.94. The number of amides is 1. The van der Waals surface area contributed by atoms with Crippen LogP contribution in [0.25, 0.3) is 0 Å². The lowest BCUT2D eigenvalue weighted by molar-refractivity contribution is -0.111. The average molecular weight is 313 g/mol. The topological polar surface area (TPSA) is 55.4 Å². The monoisotopic (exact) mass is 313 g/mol. The van der Waals surface area contributed by atoms with E-state index >= 15 is 0 Å². The van der Waals surface area contributed by atoms with Crippen molar-refractivity contribution < 1.29 is 18.7 Å². The fraction of sp³-hybridized carbons (Fsp3) is 0.111. The van der Waals surface area contributed by atoms with Crippen molar-refractivity contribution in [2.75, 3.05) is 11.9 Å². The number of ether oxygens (including phenoxy) is 1. The van der Waals surface area contributed by atoms with Gasteiger partial charge in [0.2, 0.25) is 5.91 Å². The molecule has 0 heterocycles. The van der Waals surface area contributed by atoms with Crippen LogP contribution in [-0.4, -0.2) is 18.3 Å². The molecule has 2 aromatic rings. The molecule has 0 aliphatic heterocycles. The van der Waals surface area contributed by atoms with Crippen LogP contribution in [0.3, 0.4) is 0 Å². The molecule has 2 rings (SSSR count). The number of hydrogen-bond acceptors (Lipinski definition) is 3. The van der Waals surface area contributed by atoms with E-state index in [4.69, 9.17) is 4.74 Å². The lowest BCUT2D eigenvalue weighted by Crippen LogP contribution is -2.08. The minimum atomic E-state index is -0.462. The molecule has 0 saturated heterocycles. The Hall–Kier alpha value is -2.95. The zero-order valence-corrected chi connectivity index (χ0v) is 12.6. The van der Waals surface area contributed by atoms with E-state index in [1.165, 1.54) is 30.3 Å². The van der Waals surface area contributed by atoms with E-state index < -0.39 is 5.91 Å².